The Morgan fingerprint density at radius 2 is 1.73 bits per heavy atom. The zero-order chi connectivity index (χ0) is 22.2. The molecule has 0 fully saturated rings. The molecule has 3 heterocycles. The summed E-state index contributed by atoms with van der Waals surface area (Å²) >= 11 is 1.39. The fraction of sp³-hybridized carbons (Fsp3) is 0.160. The highest BCUT2D eigenvalue weighted by atomic mass is 32.2. The SMILES string of the molecule is O=C(CSc1nc2ccccc2c2nc3ccccc3n12)Nc1ccc2c(c1)OCCCO2. The van der Waals surface area contributed by atoms with Crippen LogP contribution in [0.15, 0.2) is 71.9 Å². The number of amides is 1. The molecule has 164 valence electrons. The lowest BCUT2D eigenvalue weighted by molar-refractivity contribution is -0.113. The first kappa shape index (κ1) is 19.9. The molecule has 6 rings (SSSR count). The number of hydrogen-bond donors (Lipinski definition) is 1. The lowest BCUT2D eigenvalue weighted by Crippen LogP contribution is -2.14. The number of ether oxygens (including phenoxy) is 2. The van der Waals surface area contributed by atoms with Gasteiger partial charge in [0.15, 0.2) is 16.7 Å². The maximum Gasteiger partial charge on any atom is 0.234 e. The average Bonchev–Trinajstić information content (AvgIpc) is 3.08. The molecule has 2 aromatic heterocycles. The molecule has 0 saturated carbocycles. The van der Waals surface area contributed by atoms with E-state index in [4.69, 9.17) is 19.4 Å². The minimum atomic E-state index is -0.123. The highest BCUT2D eigenvalue weighted by Crippen LogP contribution is 2.33. The number of nitrogens with one attached hydrogen (secondary N) is 1. The maximum atomic E-state index is 12.8. The average molecular weight is 457 g/mol. The molecule has 0 atom stereocenters. The minimum absolute atomic E-state index is 0.123. The van der Waals surface area contributed by atoms with E-state index in [0.717, 1.165) is 39.2 Å². The van der Waals surface area contributed by atoms with Gasteiger partial charge in [-0.15, -0.1) is 0 Å². The van der Waals surface area contributed by atoms with Crippen LogP contribution in [-0.4, -0.2) is 39.2 Å². The lowest BCUT2D eigenvalue weighted by Gasteiger charge is -2.11. The molecule has 0 bridgehead atoms. The molecule has 5 aromatic rings. The molecule has 1 amide bonds. The summed E-state index contributed by atoms with van der Waals surface area (Å²) in [4.78, 5) is 22.4. The summed E-state index contributed by atoms with van der Waals surface area (Å²) < 4.78 is 13.4. The number of aromatic nitrogens is 3. The van der Waals surface area contributed by atoms with Gasteiger partial charge in [-0.1, -0.05) is 36.0 Å². The van der Waals surface area contributed by atoms with Crippen molar-refractivity contribution in [2.24, 2.45) is 0 Å². The van der Waals surface area contributed by atoms with Crippen LogP contribution < -0.4 is 14.8 Å². The highest BCUT2D eigenvalue weighted by Gasteiger charge is 2.16. The molecule has 33 heavy (non-hydrogen) atoms. The van der Waals surface area contributed by atoms with Crippen LogP contribution in [0.4, 0.5) is 5.69 Å². The molecule has 1 aliphatic heterocycles. The van der Waals surface area contributed by atoms with Crippen molar-refractivity contribution >= 4 is 50.9 Å². The largest absolute Gasteiger partial charge is 0.490 e. The molecular formula is C25H20N4O3S. The Hall–Kier alpha value is -3.78. The van der Waals surface area contributed by atoms with Gasteiger partial charge in [0.2, 0.25) is 5.91 Å². The standard InChI is InChI=1S/C25H20N4O3S/c30-23(26-16-10-11-21-22(14-16)32-13-5-12-31-21)15-33-25-28-18-7-2-1-6-17(18)24-27-19-8-3-4-9-20(19)29(24)25/h1-4,6-11,14H,5,12-13,15H2,(H,26,30). The Balaban J connectivity index is 1.29. The van der Waals surface area contributed by atoms with Crippen molar-refractivity contribution in [3.05, 3.63) is 66.7 Å². The second-order valence-electron chi connectivity index (χ2n) is 7.72. The van der Waals surface area contributed by atoms with Crippen LogP contribution in [-0.2, 0) is 4.79 Å². The van der Waals surface area contributed by atoms with Gasteiger partial charge in [0, 0.05) is 23.6 Å². The highest BCUT2D eigenvalue weighted by molar-refractivity contribution is 7.99. The third kappa shape index (κ3) is 3.72. The lowest BCUT2D eigenvalue weighted by atomic mass is 10.2. The van der Waals surface area contributed by atoms with Crippen LogP contribution in [0.2, 0.25) is 0 Å². The first-order valence-corrected chi connectivity index (χ1v) is 11.7. The van der Waals surface area contributed by atoms with Crippen LogP contribution in [0, 0.1) is 0 Å². The van der Waals surface area contributed by atoms with E-state index in [1.54, 1.807) is 6.07 Å². The van der Waals surface area contributed by atoms with E-state index in [1.165, 1.54) is 11.8 Å². The second-order valence-corrected chi connectivity index (χ2v) is 8.66. The number of rotatable bonds is 4. The molecular weight excluding hydrogens is 436 g/mol. The Morgan fingerprint density at radius 3 is 2.64 bits per heavy atom. The fourth-order valence-corrected chi connectivity index (χ4v) is 4.79. The third-order valence-corrected chi connectivity index (χ3v) is 6.42. The molecule has 7 nitrogen and oxygen atoms in total. The Kier molecular flexibility index (Phi) is 4.99. The maximum absolute atomic E-state index is 12.8. The van der Waals surface area contributed by atoms with Crippen molar-refractivity contribution in [1.82, 2.24) is 14.4 Å². The Morgan fingerprint density at radius 1 is 0.939 bits per heavy atom. The first-order chi connectivity index (χ1) is 16.3. The zero-order valence-electron chi connectivity index (χ0n) is 17.7. The van der Waals surface area contributed by atoms with E-state index in [2.05, 4.69) is 5.32 Å². The molecule has 0 radical (unpaired) electrons. The van der Waals surface area contributed by atoms with E-state index in [1.807, 2.05) is 65.1 Å². The Labute approximate surface area is 193 Å². The molecule has 3 aromatic carbocycles. The van der Waals surface area contributed by atoms with Crippen LogP contribution >= 0.6 is 11.8 Å². The van der Waals surface area contributed by atoms with Crippen LogP contribution in [0.25, 0.3) is 27.6 Å². The van der Waals surface area contributed by atoms with Gasteiger partial charge >= 0.3 is 0 Å². The molecule has 1 N–H and O–H groups in total. The summed E-state index contributed by atoms with van der Waals surface area (Å²) in [5.41, 5.74) is 4.24. The topological polar surface area (TPSA) is 77.8 Å². The summed E-state index contributed by atoms with van der Waals surface area (Å²) in [5.74, 6) is 1.44. The number of carbonyl (C=O) groups is 1. The van der Waals surface area contributed by atoms with Gasteiger partial charge in [-0.25, -0.2) is 9.97 Å². The molecule has 0 aliphatic carbocycles. The van der Waals surface area contributed by atoms with Gasteiger partial charge < -0.3 is 14.8 Å². The van der Waals surface area contributed by atoms with Gasteiger partial charge in [-0.2, -0.15) is 0 Å². The summed E-state index contributed by atoms with van der Waals surface area (Å²) in [6, 6.07) is 21.4. The van der Waals surface area contributed by atoms with Crippen molar-refractivity contribution in [3.63, 3.8) is 0 Å². The van der Waals surface area contributed by atoms with E-state index in [0.29, 0.717) is 30.4 Å². The van der Waals surface area contributed by atoms with Crippen molar-refractivity contribution in [2.75, 3.05) is 24.3 Å². The van der Waals surface area contributed by atoms with Crippen molar-refractivity contribution in [1.29, 1.82) is 0 Å². The monoisotopic (exact) mass is 456 g/mol. The van der Waals surface area contributed by atoms with Crippen LogP contribution in [0.5, 0.6) is 11.5 Å². The number of fused-ring (bicyclic) bond motifs is 6. The number of hydrogen-bond acceptors (Lipinski definition) is 6. The second kappa shape index (κ2) is 8.29. The third-order valence-electron chi connectivity index (χ3n) is 5.48. The molecule has 0 spiro atoms. The quantitative estimate of drug-likeness (QED) is 0.305. The van der Waals surface area contributed by atoms with E-state index < -0.39 is 0 Å². The van der Waals surface area contributed by atoms with Gasteiger partial charge in [-0.3, -0.25) is 9.20 Å². The number of carbonyl (C=O) groups excluding carboxylic acids is 1. The smallest absolute Gasteiger partial charge is 0.234 e. The van der Waals surface area contributed by atoms with Crippen LogP contribution in [0.3, 0.4) is 0 Å². The summed E-state index contributed by atoms with van der Waals surface area (Å²) in [5, 5.41) is 4.66. The summed E-state index contributed by atoms with van der Waals surface area (Å²) in [6.07, 6.45) is 0.836. The van der Waals surface area contributed by atoms with Gasteiger partial charge in [-0.05, 0) is 36.4 Å². The Bertz CT molecular complexity index is 1510. The van der Waals surface area contributed by atoms with Gasteiger partial charge in [0.05, 0.1) is 35.5 Å². The number of imidazole rings is 1. The van der Waals surface area contributed by atoms with Crippen molar-refractivity contribution < 1.29 is 14.3 Å². The number of thioether (sulfide) groups is 1. The van der Waals surface area contributed by atoms with Crippen molar-refractivity contribution in [2.45, 2.75) is 11.6 Å². The summed E-state index contributed by atoms with van der Waals surface area (Å²) in [7, 11) is 0. The van der Waals surface area contributed by atoms with Gasteiger partial charge in [0.1, 0.15) is 5.65 Å². The minimum Gasteiger partial charge on any atom is -0.490 e. The van der Waals surface area contributed by atoms with E-state index in [-0.39, 0.29) is 11.7 Å². The molecule has 0 saturated heterocycles. The normalized spacial score (nSPS) is 13.3. The molecule has 1 aliphatic rings. The van der Waals surface area contributed by atoms with Crippen molar-refractivity contribution in [3.8, 4) is 11.5 Å². The summed E-state index contributed by atoms with van der Waals surface area (Å²) in [6.45, 7) is 1.23. The van der Waals surface area contributed by atoms with Crippen LogP contribution in [0.1, 0.15) is 6.42 Å². The van der Waals surface area contributed by atoms with E-state index >= 15 is 0 Å². The molecule has 8 heteroatoms. The number of benzene rings is 3. The first-order valence-electron chi connectivity index (χ1n) is 10.7. The molecule has 0 unspecified atom stereocenters. The predicted octanol–water partition coefficient (Wildman–Crippen LogP) is 4.93. The predicted molar refractivity (Wildman–Crippen MR) is 129 cm³/mol. The van der Waals surface area contributed by atoms with Gasteiger partial charge in [0.25, 0.3) is 0 Å². The zero-order valence-corrected chi connectivity index (χ0v) is 18.5. The number of para-hydroxylation sites is 3. The fourth-order valence-electron chi connectivity index (χ4n) is 3.98. The van der Waals surface area contributed by atoms with E-state index in [9.17, 15) is 4.79 Å². The number of nitrogens with zero attached hydrogens (tertiary/aromatic N) is 3. The number of anilines is 1.